The highest BCUT2D eigenvalue weighted by atomic mass is 35.5. The number of hydrogen-bond donors (Lipinski definition) is 1. The number of nitrogen functional groups attached to an aromatic ring is 1. The van der Waals surface area contributed by atoms with E-state index >= 15 is 0 Å². The van der Waals surface area contributed by atoms with Crippen LogP contribution in [-0.4, -0.2) is 19.5 Å². The van der Waals surface area contributed by atoms with Crippen molar-refractivity contribution in [3.8, 4) is 28.3 Å². The summed E-state index contributed by atoms with van der Waals surface area (Å²) in [5.41, 5.74) is 12.2. The summed E-state index contributed by atoms with van der Waals surface area (Å²) in [6.07, 6.45) is 1.66. The van der Waals surface area contributed by atoms with Crippen molar-refractivity contribution in [3.63, 3.8) is 0 Å². The molecule has 0 fully saturated rings. The van der Waals surface area contributed by atoms with Crippen LogP contribution >= 0.6 is 23.2 Å². The Kier molecular flexibility index (Phi) is 5.06. The van der Waals surface area contributed by atoms with Gasteiger partial charge in [-0.1, -0.05) is 35.9 Å². The molecule has 5 nitrogen and oxygen atoms in total. The molecule has 3 heterocycles. The summed E-state index contributed by atoms with van der Waals surface area (Å²) in [6.45, 7) is 0. The first kappa shape index (κ1) is 19.5. The predicted molar refractivity (Wildman–Crippen MR) is 127 cm³/mol. The fourth-order valence-corrected chi connectivity index (χ4v) is 3.81. The van der Waals surface area contributed by atoms with E-state index in [1.807, 2.05) is 77.4 Å². The Labute approximate surface area is 189 Å². The molecule has 31 heavy (non-hydrogen) atoms. The van der Waals surface area contributed by atoms with E-state index in [9.17, 15) is 0 Å². The van der Waals surface area contributed by atoms with Gasteiger partial charge in [0.1, 0.15) is 11.3 Å². The van der Waals surface area contributed by atoms with Crippen LogP contribution in [0.2, 0.25) is 5.02 Å². The van der Waals surface area contributed by atoms with E-state index in [-0.39, 0.29) is 0 Å². The van der Waals surface area contributed by atoms with Gasteiger partial charge in [0.15, 0.2) is 11.5 Å². The first-order valence-corrected chi connectivity index (χ1v) is 10.6. The Morgan fingerprint density at radius 1 is 0.871 bits per heavy atom. The molecule has 152 valence electrons. The molecule has 3 aromatic heterocycles. The molecular weight excluding hydrogens is 429 g/mol. The van der Waals surface area contributed by atoms with Crippen molar-refractivity contribution in [2.75, 3.05) is 5.73 Å². The Morgan fingerprint density at radius 3 is 2.35 bits per heavy atom. The van der Waals surface area contributed by atoms with Crippen LogP contribution in [0.4, 0.5) is 5.82 Å². The zero-order valence-corrected chi connectivity index (χ0v) is 17.8. The molecular formula is C24H17Cl2N5. The third-order valence-electron chi connectivity index (χ3n) is 5.07. The number of nitrogens with zero attached hydrogens (tertiary/aromatic N) is 4. The second-order valence-corrected chi connectivity index (χ2v) is 7.76. The van der Waals surface area contributed by atoms with Crippen LogP contribution < -0.4 is 5.73 Å². The second kappa shape index (κ2) is 8.02. The normalized spacial score (nSPS) is 11.2. The lowest BCUT2D eigenvalue weighted by Gasteiger charge is -2.11. The van der Waals surface area contributed by atoms with Gasteiger partial charge in [-0.2, -0.15) is 0 Å². The number of benzene rings is 2. The van der Waals surface area contributed by atoms with Gasteiger partial charge in [0.25, 0.3) is 0 Å². The SMILES string of the molecule is Nc1ncccc1-c1nc2ccc(-c3ccc(Cl)cc3)nc2n1-c1ccc(CCl)cc1. The Bertz CT molecular complexity index is 1380. The summed E-state index contributed by atoms with van der Waals surface area (Å²) < 4.78 is 2.00. The summed E-state index contributed by atoms with van der Waals surface area (Å²) in [6, 6.07) is 23.3. The molecule has 0 unspecified atom stereocenters. The number of anilines is 1. The van der Waals surface area contributed by atoms with E-state index in [2.05, 4.69) is 4.98 Å². The van der Waals surface area contributed by atoms with Gasteiger partial charge in [-0.15, -0.1) is 11.6 Å². The van der Waals surface area contributed by atoms with Gasteiger partial charge in [0, 0.05) is 28.4 Å². The zero-order valence-electron chi connectivity index (χ0n) is 16.3. The minimum atomic E-state index is 0.411. The maximum Gasteiger partial charge on any atom is 0.165 e. The number of aromatic nitrogens is 4. The molecule has 0 radical (unpaired) electrons. The number of imidazole rings is 1. The van der Waals surface area contributed by atoms with Crippen molar-refractivity contribution in [1.82, 2.24) is 19.5 Å². The molecule has 7 heteroatoms. The van der Waals surface area contributed by atoms with Crippen molar-refractivity contribution in [2.24, 2.45) is 0 Å². The third-order valence-corrected chi connectivity index (χ3v) is 5.63. The smallest absolute Gasteiger partial charge is 0.165 e. The summed E-state index contributed by atoms with van der Waals surface area (Å²) in [5.74, 6) is 1.54. The second-order valence-electron chi connectivity index (χ2n) is 7.05. The van der Waals surface area contributed by atoms with Crippen LogP contribution in [0.1, 0.15) is 5.56 Å². The molecule has 0 spiro atoms. The molecule has 5 aromatic rings. The number of alkyl halides is 1. The summed E-state index contributed by atoms with van der Waals surface area (Å²) in [7, 11) is 0. The topological polar surface area (TPSA) is 69.6 Å². The van der Waals surface area contributed by atoms with Crippen LogP contribution in [0.15, 0.2) is 79.0 Å². The molecule has 2 aromatic carbocycles. The molecule has 0 amide bonds. The molecule has 0 bridgehead atoms. The van der Waals surface area contributed by atoms with Crippen molar-refractivity contribution in [3.05, 3.63) is 89.6 Å². The van der Waals surface area contributed by atoms with Crippen LogP contribution in [0.3, 0.4) is 0 Å². The number of fused-ring (bicyclic) bond motifs is 1. The number of halogens is 2. The van der Waals surface area contributed by atoms with E-state index in [1.54, 1.807) is 6.20 Å². The summed E-state index contributed by atoms with van der Waals surface area (Å²) in [4.78, 5) is 14.0. The van der Waals surface area contributed by atoms with Crippen LogP contribution in [-0.2, 0) is 5.88 Å². The van der Waals surface area contributed by atoms with Gasteiger partial charge in [0.2, 0.25) is 0 Å². The Balaban J connectivity index is 1.77. The van der Waals surface area contributed by atoms with E-state index in [1.165, 1.54) is 0 Å². The van der Waals surface area contributed by atoms with E-state index in [4.69, 9.17) is 38.9 Å². The Morgan fingerprint density at radius 2 is 1.65 bits per heavy atom. The fraction of sp³-hybridized carbons (Fsp3) is 0.0417. The zero-order chi connectivity index (χ0) is 21.4. The molecule has 0 saturated carbocycles. The van der Waals surface area contributed by atoms with Crippen LogP contribution in [0, 0.1) is 0 Å². The van der Waals surface area contributed by atoms with Gasteiger partial charge in [0.05, 0.1) is 11.3 Å². The first-order chi connectivity index (χ1) is 15.1. The standard InChI is InChI=1S/C24H17Cl2N5/c25-14-15-3-9-18(10-4-15)31-23(19-2-1-13-28-22(19)27)30-21-12-11-20(29-24(21)31)16-5-7-17(26)8-6-16/h1-13H,14H2,(H2,27,28). The number of hydrogen-bond acceptors (Lipinski definition) is 4. The van der Waals surface area contributed by atoms with E-state index < -0.39 is 0 Å². The lowest BCUT2D eigenvalue weighted by molar-refractivity contribution is 1.07. The largest absolute Gasteiger partial charge is 0.383 e. The van der Waals surface area contributed by atoms with Crippen molar-refractivity contribution in [1.29, 1.82) is 0 Å². The highest BCUT2D eigenvalue weighted by molar-refractivity contribution is 6.30. The summed E-state index contributed by atoms with van der Waals surface area (Å²) in [5, 5.41) is 0.684. The molecule has 0 aliphatic rings. The lowest BCUT2D eigenvalue weighted by Crippen LogP contribution is -2.02. The van der Waals surface area contributed by atoms with Gasteiger partial charge < -0.3 is 5.73 Å². The van der Waals surface area contributed by atoms with Gasteiger partial charge in [-0.05, 0) is 54.1 Å². The maximum absolute atomic E-state index is 6.19. The monoisotopic (exact) mass is 445 g/mol. The van der Waals surface area contributed by atoms with Gasteiger partial charge >= 0.3 is 0 Å². The summed E-state index contributed by atoms with van der Waals surface area (Å²) >= 11 is 12.0. The minimum absolute atomic E-state index is 0.411. The van der Waals surface area contributed by atoms with Crippen molar-refractivity contribution in [2.45, 2.75) is 5.88 Å². The number of pyridine rings is 2. The molecule has 2 N–H and O–H groups in total. The molecule has 0 aliphatic heterocycles. The average Bonchev–Trinajstić information content (AvgIpc) is 3.18. The number of rotatable bonds is 4. The van der Waals surface area contributed by atoms with Gasteiger partial charge in [-0.3, -0.25) is 4.57 Å². The van der Waals surface area contributed by atoms with Crippen molar-refractivity contribution >= 4 is 40.2 Å². The number of nitrogens with two attached hydrogens (primary N) is 1. The highest BCUT2D eigenvalue weighted by Gasteiger charge is 2.18. The highest BCUT2D eigenvalue weighted by Crippen LogP contribution is 2.32. The fourth-order valence-electron chi connectivity index (χ4n) is 3.50. The van der Waals surface area contributed by atoms with Crippen LogP contribution in [0.25, 0.3) is 39.5 Å². The van der Waals surface area contributed by atoms with Crippen LogP contribution in [0.5, 0.6) is 0 Å². The van der Waals surface area contributed by atoms with Crippen molar-refractivity contribution < 1.29 is 0 Å². The molecule has 0 saturated heterocycles. The lowest BCUT2D eigenvalue weighted by atomic mass is 10.1. The average molecular weight is 446 g/mol. The molecule has 5 rings (SSSR count). The predicted octanol–water partition coefficient (Wildman–Crippen LogP) is 6.12. The third kappa shape index (κ3) is 3.63. The minimum Gasteiger partial charge on any atom is -0.383 e. The molecule has 0 aliphatic carbocycles. The van der Waals surface area contributed by atoms with E-state index in [0.29, 0.717) is 22.5 Å². The first-order valence-electron chi connectivity index (χ1n) is 9.65. The maximum atomic E-state index is 6.19. The van der Waals surface area contributed by atoms with E-state index in [0.717, 1.165) is 39.2 Å². The molecule has 0 atom stereocenters. The van der Waals surface area contributed by atoms with Gasteiger partial charge in [-0.25, -0.2) is 15.0 Å². The quantitative estimate of drug-likeness (QED) is 0.338. The Hall–Kier alpha value is -3.41.